The van der Waals surface area contributed by atoms with Gasteiger partial charge in [0.25, 0.3) is 0 Å². The summed E-state index contributed by atoms with van der Waals surface area (Å²) in [6, 6.07) is 9.33. The lowest BCUT2D eigenvalue weighted by molar-refractivity contribution is -0.121. The quantitative estimate of drug-likeness (QED) is 0.650. The first-order valence-corrected chi connectivity index (χ1v) is 6.38. The summed E-state index contributed by atoms with van der Waals surface area (Å²) in [6.07, 6.45) is 0.280. The van der Waals surface area contributed by atoms with Crippen molar-refractivity contribution in [3.05, 3.63) is 35.9 Å². The monoisotopic (exact) mass is 266 g/mol. The van der Waals surface area contributed by atoms with E-state index in [0.717, 1.165) is 5.56 Å². The Morgan fingerprint density at radius 1 is 1.26 bits per heavy atom. The number of benzene rings is 1. The highest BCUT2D eigenvalue weighted by molar-refractivity contribution is 5.76. The third-order valence-electron chi connectivity index (χ3n) is 2.63. The van der Waals surface area contributed by atoms with Gasteiger partial charge in [0.2, 0.25) is 5.91 Å². The molecule has 0 fully saturated rings. The first-order valence-electron chi connectivity index (χ1n) is 6.38. The lowest BCUT2D eigenvalue weighted by atomic mass is 10.0. The standard InChI is InChI=1S/C14H22N2O3/c1-18-9-10-19-8-7-16-14(17)11-13(15)12-5-3-2-4-6-12/h2-6,13H,7-11,15H2,1H3,(H,16,17). The van der Waals surface area contributed by atoms with E-state index in [1.165, 1.54) is 0 Å². The van der Waals surface area contributed by atoms with Gasteiger partial charge in [-0.3, -0.25) is 4.79 Å². The lowest BCUT2D eigenvalue weighted by Gasteiger charge is -2.12. The Morgan fingerprint density at radius 3 is 2.68 bits per heavy atom. The van der Waals surface area contributed by atoms with Crippen molar-refractivity contribution in [1.82, 2.24) is 5.32 Å². The van der Waals surface area contributed by atoms with Crippen molar-refractivity contribution in [2.24, 2.45) is 5.73 Å². The van der Waals surface area contributed by atoms with Crippen LogP contribution < -0.4 is 11.1 Å². The Labute approximate surface area is 114 Å². The number of nitrogens with one attached hydrogen (secondary N) is 1. The molecule has 0 bridgehead atoms. The van der Waals surface area contributed by atoms with Gasteiger partial charge >= 0.3 is 0 Å². The zero-order chi connectivity index (χ0) is 13.9. The number of rotatable bonds is 9. The highest BCUT2D eigenvalue weighted by Crippen LogP contribution is 2.12. The number of carbonyl (C=O) groups is 1. The second-order valence-corrected chi connectivity index (χ2v) is 4.18. The molecule has 0 heterocycles. The van der Waals surface area contributed by atoms with Crippen LogP contribution in [-0.4, -0.2) is 39.4 Å². The van der Waals surface area contributed by atoms with Crippen molar-refractivity contribution in [2.45, 2.75) is 12.5 Å². The zero-order valence-corrected chi connectivity index (χ0v) is 11.3. The van der Waals surface area contributed by atoms with Crippen LogP contribution in [0.3, 0.4) is 0 Å². The Morgan fingerprint density at radius 2 is 2.00 bits per heavy atom. The van der Waals surface area contributed by atoms with Gasteiger partial charge in [-0.15, -0.1) is 0 Å². The third kappa shape index (κ3) is 6.91. The van der Waals surface area contributed by atoms with E-state index in [2.05, 4.69) is 5.32 Å². The number of methoxy groups -OCH3 is 1. The van der Waals surface area contributed by atoms with Crippen LogP contribution >= 0.6 is 0 Å². The van der Waals surface area contributed by atoms with Gasteiger partial charge in [-0.1, -0.05) is 30.3 Å². The predicted molar refractivity (Wildman–Crippen MR) is 73.7 cm³/mol. The number of amides is 1. The third-order valence-corrected chi connectivity index (χ3v) is 2.63. The smallest absolute Gasteiger partial charge is 0.221 e. The first kappa shape index (κ1) is 15.6. The summed E-state index contributed by atoms with van der Waals surface area (Å²) in [6.45, 7) is 2.07. The molecule has 0 aliphatic heterocycles. The highest BCUT2D eigenvalue weighted by atomic mass is 16.5. The first-order chi connectivity index (χ1) is 9.24. The summed E-state index contributed by atoms with van der Waals surface area (Å²) in [5.41, 5.74) is 6.92. The van der Waals surface area contributed by atoms with E-state index in [0.29, 0.717) is 26.4 Å². The van der Waals surface area contributed by atoms with E-state index >= 15 is 0 Å². The Balaban J connectivity index is 2.14. The summed E-state index contributed by atoms with van der Waals surface area (Å²) >= 11 is 0. The molecule has 0 saturated carbocycles. The number of hydrogen-bond acceptors (Lipinski definition) is 4. The van der Waals surface area contributed by atoms with E-state index in [4.69, 9.17) is 15.2 Å². The Hall–Kier alpha value is -1.43. The normalized spacial score (nSPS) is 12.1. The fourth-order valence-electron chi connectivity index (χ4n) is 1.60. The molecule has 1 rings (SSSR count). The maximum atomic E-state index is 11.6. The molecule has 1 unspecified atom stereocenters. The van der Waals surface area contributed by atoms with Crippen molar-refractivity contribution >= 4 is 5.91 Å². The number of ether oxygens (including phenoxy) is 2. The Kier molecular flexibility index (Phi) is 7.81. The zero-order valence-electron chi connectivity index (χ0n) is 11.3. The minimum atomic E-state index is -0.268. The summed E-state index contributed by atoms with van der Waals surface area (Å²) in [4.78, 5) is 11.6. The molecule has 0 aliphatic rings. The largest absolute Gasteiger partial charge is 0.382 e. The average Bonchev–Trinajstić information content (AvgIpc) is 2.43. The molecule has 0 spiro atoms. The van der Waals surface area contributed by atoms with Gasteiger partial charge in [-0.25, -0.2) is 0 Å². The van der Waals surface area contributed by atoms with Crippen LogP contribution in [0.5, 0.6) is 0 Å². The van der Waals surface area contributed by atoms with Gasteiger partial charge in [-0.05, 0) is 5.56 Å². The van der Waals surface area contributed by atoms with Crippen molar-refractivity contribution < 1.29 is 14.3 Å². The van der Waals surface area contributed by atoms with Crippen LogP contribution in [0.4, 0.5) is 0 Å². The number of carbonyl (C=O) groups excluding carboxylic acids is 1. The van der Waals surface area contributed by atoms with Crippen LogP contribution in [0.15, 0.2) is 30.3 Å². The lowest BCUT2D eigenvalue weighted by Crippen LogP contribution is -2.30. The molecule has 1 amide bonds. The molecule has 106 valence electrons. The molecule has 5 heteroatoms. The summed E-state index contributed by atoms with van der Waals surface area (Å²) in [7, 11) is 1.62. The topological polar surface area (TPSA) is 73.6 Å². The van der Waals surface area contributed by atoms with Gasteiger partial charge < -0.3 is 20.5 Å². The summed E-state index contributed by atoms with van der Waals surface area (Å²) < 4.78 is 10.1. The minimum Gasteiger partial charge on any atom is -0.382 e. The second kappa shape index (κ2) is 9.49. The van der Waals surface area contributed by atoms with E-state index < -0.39 is 0 Å². The van der Waals surface area contributed by atoms with Crippen LogP contribution in [0.1, 0.15) is 18.0 Å². The fraction of sp³-hybridized carbons (Fsp3) is 0.500. The van der Waals surface area contributed by atoms with Gasteiger partial charge in [0.1, 0.15) is 0 Å². The molecular weight excluding hydrogens is 244 g/mol. The van der Waals surface area contributed by atoms with E-state index in [1.807, 2.05) is 30.3 Å². The summed E-state index contributed by atoms with van der Waals surface area (Å²) in [5.74, 6) is -0.0632. The minimum absolute atomic E-state index is 0.0632. The van der Waals surface area contributed by atoms with Crippen LogP contribution in [0.25, 0.3) is 0 Å². The molecule has 0 saturated heterocycles. The Bertz CT molecular complexity index is 357. The maximum absolute atomic E-state index is 11.6. The number of hydrogen-bond donors (Lipinski definition) is 2. The average molecular weight is 266 g/mol. The van der Waals surface area contributed by atoms with E-state index in [-0.39, 0.29) is 18.4 Å². The molecule has 1 aromatic carbocycles. The van der Waals surface area contributed by atoms with Crippen molar-refractivity contribution in [3.8, 4) is 0 Å². The highest BCUT2D eigenvalue weighted by Gasteiger charge is 2.10. The SMILES string of the molecule is COCCOCCNC(=O)CC(N)c1ccccc1. The molecule has 0 aliphatic carbocycles. The molecule has 0 radical (unpaired) electrons. The van der Waals surface area contributed by atoms with Crippen LogP contribution in [-0.2, 0) is 14.3 Å². The predicted octanol–water partition coefficient (Wildman–Crippen LogP) is 0.856. The van der Waals surface area contributed by atoms with Crippen molar-refractivity contribution in [2.75, 3.05) is 33.5 Å². The van der Waals surface area contributed by atoms with Gasteiger partial charge in [0.05, 0.1) is 19.8 Å². The van der Waals surface area contributed by atoms with Crippen molar-refractivity contribution in [1.29, 1.82) is 0 Å². The molecule has 5 nitrogen and oxygen atoms in total. The van der Waals surface area contributed by atoms with E-state index in [9.17, 15) is 4.79 Å². The maximum Gasteiger partial charge on any atom is 0.221 e. The van der Waals surface area contributed by atoms with Crippen LogP contribution in [0.2, 0.25) is 0 Å². The van der Waals surface area contributed by atoms with Gasteiger partial charge in [0.15, 0.2) is 0 Å². The van der Waals surface area contributed by atoms with Crippen LogP contribution in [0, 0.1) is 0 Å². The van der Waals surface area contributed by atoms with Gasteiger partial charge in [-0.2, -0.15) is 0 Å². The fourth-order valence-corrected chi connectivity index (χ4v) is 1.60. The van der Waals surface area contributed by atoms with Gasteiger partial charge in [0, 0.05) is 26.1 Å². The molecule has 1 atom stereocenters. The molecule has 0 aromatic heterocycles. The summed E-state index contributed by atoms with van der Waals surface area (Å²) in [5, 5.41) is 2.78. The molecule has 1 aromatic rings. The van der Waals surface area contributed by atoms with E-state index in [1.54, 1.807) is 7.11 Å². The number of nitrogens with two attached hydrogens (primary N) is 1. The second-order valence-electron chi connectivity index (χ2n) is 4.18. The molecular formula is C14H22N2O3. The molecule has 3 N–H and O–H groups in total. The molecule has 19 heavy (non-hydrogen) atoms. The van der Waals surface area contributed by atoms with Crippen molar-refractivity contribution in [3.63, 3.8) is 0 Å².